The van der Waals surface area contributed by atoms with Gasteiger partial charge < -0.3 is 10.6 Å². The van der Waals surface area contributed by atoms with Crippen LogP contribution in [0.3, 0.4) is 0 Å². The molecule has 7 nitrogen and oxygen atoms in total. The first-order valence-corrected chi connectivity index (χ1v) is 8.87. The number of hydrogen-bond donors (Lipinski definition) is 3. The maximum atomic E-state index is 12.8. The van der Waals surface area contributed by atoms with E-state index in [0.29, 0.717) is 10.1 Å². The minimum Gasteiger partial charge on any atom is -0.334 e. The molecule has 0 aliphatic carbocycles. The molecule has 3 rings (SSSR count). The van der Waals surface area contributed by atoms with E-state index in [1.165, 1.54) is 23.5 Å². The van der Waals surface area contributed by atoms with Crippen molar-refractivity contribution < 1.29 is 14.0 Å². The normalized spacial score (nSPS) is 10.3. The first kappa shape index (κ1) is 18.5. The van der Waals surface area contributed by atoms with E-state index >= 15 is 0 Å². The fourth-order valence-corrected chi connectivity index (χ4v) is 2.91. The molecule has 1 aromatic heterocycles. The molecule has 0 saturated heterocycles. The lowest BCUT2D eigenvalue weighted by atomic mass is 10.2. The zero-order valence-electron chi connectivity index (χ0n) is 14.1. The number of carbonyl (C=O) groups is 2. The molecular weight excluding hydrogens is 369 g/mol. The zero-order valence-corrected chi connectivity index (χ0v) is 14.9. The van der Waals surface area contributed by atoms with Crippen molar-refractivity contribution in [3.8, 4) is 10.6 Å². The van der Waals surface area contributed by atoms with Crippen LogP contribution in [0.2, 0.25) is 0 Å². The van der Waals surface area contributed by atoms with Gasteiger partial charge in [-0.3, -0.25) is 10.1 Å². The Labute approximate surface area is 158 Å². The lowest BCUT2D eigenvalue weighted by molar-refractivity contribution is -0.115. The number of rotatable bonds is 6. The van der Waals surface area contributed by atoms with E-state index in [0.717, 1.165) is 11.1 Å². The summed E-state index contributed by atoms with van der Waals surface area (Å²) in [5, 5.41) is 16.6. The number of nitrogens with one attached hydrogen (secondary N) is 3. The minimum atomic E-state index is -0.503. The fourth-order valence-electron chi connectivity index (χ4n) is 2.14. The van der Waals surface area contributed by atoms with Gasteiger partial charge in [-0.2, -0.15) is 0 Å². The van der Waals surface area contributed by atoms with Crippen molar-refractivity contribution in [2.75, 3.05) is 11.9 Å². The number of hydrogen-bond acceptors (Lipinski definition) is 5. The Kier molecular flexibility index (Phi) is 6.06. The molecule has 0 radical (unpaired) electrons. The zero-order chi connectivity index (χ0) is 19.1. The molecule has 3 aromatic rings. The number of halogens is 1. The van der Waals surface area contributed by atoms with Crippen LogP contribution < -0.4 is 16.0 Å². The highest BCUT2D eigenvalue weighted by atomic mass is 32.1. The summed E-state index contributed by atoms with van der Waals surface area (Å²) in [4.78, 5) is 23.6. The predicted molar refractivity (Wildman–Crippen MR) is 101 cm³/mol. The lowest BCUT2D eigenvalue weighted by Crippen LogP contribution is -2.39. The monoisotopic (exact) mass is 385 g/mol. The summed E-state index contributed by atoms with van der Waals surface area (Å²) in [6, 6.07) is 14.8. The molecule has 0 unspecified atom stereocenters. The number of carbonyl (C=O) groups excluding carboxylic acids is 2. The van der Waals surface area contributed by atoms with E-state index < -0.39 is 11.9 Å². The summed E-state index contributed by atoms with van der Waals surface area (Å²) in [5.41, 5.74) is 1.66. The Balaban J connectivity index is 1.42. The van der Waals surface area contributed by atoms with Crippen LogP contribution in [0.5, 0.6) is 0 Å². The molecule has 0 aliphatic rings. The Morgan fingerprint density at radius 3 is 2.44 bits per heavy atom. The van der Waals surface area contributed by atoms with Crippen LogP contribution >= 0.6 is 11.3 Å². The largest absolute Gasteiger partial charge is 0.334 e. The van der Waals surface area contributed by atoms with Gasteiger partial charge in [0, 0.05) is 12.1 Å². The summed E-state index contributed by atoms with van der Waals surface area (Å²) in [6.45, 7) is 0.0140. The maximum absolute atomic E-state index is 12.8. The Morgan fingerprint density at radius 2 is 1.70 bits per heavy atom. The summed E-state index contributed by atoms with van der Waals surface area (Å²) in [5.74, 6) is -0.755. The van der Waals surface area contributed by atoms with Gasteiger partial charge in [-0.15, -0.1) is 10.2 Å². The van der Waals surface area contributed by atoms with Gasteiger partial charge in [-0.25, -0.2) is 9.18 Å². The molecule has 2 aromatic carbocycles. The van der Waals surface area contributed by atoms with Crippen molar-refractivity contribution >= 4 is 28.4 Å². The third-order valence-corrected chi connectivity index (χ3v) is 4.36. The van der Waals surface area contributed by atoms with Crippen molar-refractivity contribution in [2.24, 2.45) is 0 Å². The van der Waals surface area contributed by atoms with Gasteiger partial charge in [0.1, 0.15) is 10.8 Å². The van der Waals surface area contributed by atoms with Gasteiger partial charge in [0.25, 0.3) is 0 Å². The maximum Gasteiger partial charge on any atom is 0.315 e. The quantitative estimate of drug-likeness (QED) is 0.608. The van der Waals surface area contributed by atoms with E-state index in [2.05, 4.69) is 26.1 Å². The van der Waals surface area contributed by atoms with Crippen molar-refractivity contribution in [1.29, 1.82) is 0 Å². The van der Waals surface area contributed by atoms with Crippen molar-refractivity contribution in [2.45, 2.75) is 6.54 Å². The van der Waals surface area contributed by atoms with Crippen LogP contribution in [-0.4, -0.2) is 28.7 Å². The summed E-state index contributed by atoms with van der Waals surface area (Å²) < 4.78 is 12.8. The van der Waals surface area contributed by atoms with Gasteiger partial charge in [0.2, 0.25) is 11.0 Å². The van der Waals surface area contributed by atoms with Crippen LogP contribution in [0.25, 0.3) is 10.6 Å². The van der Waals surface area contributed by atoms with Gasteiger partial charge in [-0.1, -0.05) is 53.8 Å². The van der Waals surface area contributed by atoms with Crippen LogP contribution in [0.4, 0.5) is 14.3 Å². The highest BCUT2D eigenvalue weighted by Gasteiger charge is 2.10. The minimum absolute atomic E-state index is 0.213. The molecule has 3 amide bonds. The highest BCUT2D eigenvalue weighted by Crippen LogP contribution is 2.25. The van der Waals surface area contributed by atoms with Crippen molar-refractivity contribution in [1.82, 2.24) is 20.8 Å². The Hall–Kier alpha value is -3.33. The molecular formula is C18H16FN5O2S. The standard InChI is InChI=1S/C18H16FN5O2S/c19-14-8-6-12(7-9-14)10-20-17(26)21-11-15(25)22-18-24-23-16(27-18)13-4-2-1-3-5-13/h1-9H,10-11H2,(H2,20,21,26)(H,22,24,25). The second kappa shape index (κ2) is 8.86. The second-order valence-electron chi connectivity index (χ2n) is 5.49. The van der Waals surface area contributed by atoms with Crippen LogP contribution in [0.15, 0.2) is 54.6 Å². The summed E-state index contributed by atoms with van der Waals surface area (Å²) >= 11 is 1.24. The van der Waals surface area contributed by atoms with E-state index in [9.17, 15) is 14.0 Å². The van der Waals surface area contributed by atoms with E-state index in [-0.39, 0.29) is 18.9 Å². The lowest BCUT2D eigenvalue weighted by Gasteiger charge is -2.07. The Morgan fingerprint density at radius 1 is 0.963 bits per heavy atom. The molecule has 0 fully saturated rings. The summed E-state index contributed by atoms with van der Waals surface area (Å²) in [6.07, 6.45) is 0. The molecule has 138 valence electrons. The third-order valence-electron chi connectivity index (χ3n) is 3.47. The van der Waals surface area contributed by atoms with Crippen LogP contribution in [0.1, 0.15) is 5.56 Å². The average Bonchev–Trinajstić information content (AvgIpc) is 3.15. The molecule has 27 heavy (non-hydrogen) atoms. The number of benzene rings is 2. The topological polar surface area (TPSA) is 96.0 Å². The van der Waals surface area contributed by atoms with E-state index in [1.54, 1.807) is 12.1 Å². The molecule has 1 heterocycles. The number of urea groups is 1. The third kappa shape index (κ3) is 5.58. The predicted octanol–water partition coefficient (Wildman–Crippen LogP) is 2.78. The number of amides is 3. The fraction of sp³-hybridized carbons (Fsp3) is 0.111. The first-order chi connectivity index (χ1) is 13.1. The Bertz CT molecular complexity index is 915. The first-order valence-electron chi connectivity index (χ1n) is 8.05. The van der Waals surface area contributed by atoms with Crippen LogP contribution in [-0.2, 0) is 11.3 Å². The van der Waals surface area contributed by atoms with Crippen molar-refractivity contribution in [3.63, 3.8) is 0 Å². The molecule has 0 aliphatic heterocycles. The van der Waals surface area contributed by atoms with Crippen molar-refractivity contribution in [3.05, 3.63) is 66.0 Å². The van der Waals surface area contributed by atoms with E-state index in [1.807, 2.05) is 30.3 Å². The number of aromatic nitrogens is 2. The number of anilines is 1. The number of nitrogens with zero attached hydrogens (tertiary/aromatic N) is 2. The van der Waals surface area contributed by atoms with Gasteiger partial charge in [0.15, 0.2) is 0 Å². The highest BCUT2D eigenvalue weighted by molar-refractivity contribution is 7.18. The molecule has 0 atom stereocenters. The molecule has 0 bridgehead atoms. The SMILES string of the molecule is O=C(CNC(=O)NCc1ccc(F)cc1)Nc1nnc(-c2ccccc2)s1. The van der Waals surface area contributed by atoms with Gasteiger partial charge in [-0.05, 0) is 17.7 Å². The molecule has 0 saturated carbocycles. The van der Waals surface area contributed by atoms with E-state index in [4.69, 9.17) is 0 Å². The van der Waals surface area contributed by atoms with Gasteiger partial charge in [0.05, 0.1) is 6.54 Å². The molecule has 3 N–H and O–H groups in total. The summed E-state index contributed by atoms with van der Waals surface area (Å²) in [7, 11) is 0. The molecule has 9 heteroatoms. The van der Waals surface area contributed by atoms with Gasteiger partial charge >= 0.3 is 6.03 Å². The second-order valence-corrected chi connectivity index (χ2v) is 6.47. The average molecular weight is 385 g/mol. The smallest absolute Gasteiger partial charge is 0.315 e. The van der Waals surface area contributed by atoms with Crippen LogP contribution in [0, 0.1) is 5.82 Å². The molecule has 0 spiro atoms.